The smallest absolute Gasteiger partial charge is 0.261 e. The van der Waals surface area contributed by atoms with E-state index in [2.05, 4.69) is 15.2 Å². The second-order valence-electron chi connectivity index (χ2n) is 8.45. The van der Waals surface area contributed by atoms with E-state index in [4.69, 9.17) is 43.0 Å². The summed E-state index contributed by atoms with van der Waals surface area (Å²) in [6.45, 7) is 1.95. The van der Waals surface area contributed by atoms with Crippen LogP contribution < -0.4 is 5.73 Å². The van der Waals surface area contributed by atoms with Crippen molar-refractivity contribution in [2.75, 3.05) is 13.1 Å². The average molecular weight is 479 g/mol. The molecule has 8 nitrogen and oxygen atoms in total. The zero-order valence-corrected chi connectivity index (χ0v) is 18.9. The molecular weight excluding hydrogens is 455 g/mol. The number of carbonyl (C=O) groups is 1. The van der Waals surface area contributed by atoms with Gasteiger partial charge in [0.25, 0.3) is 5.91 Å². The first kappa shape index (κ1) is 21.6. The second kappa shape index (κ2) is 8.92. The normalized spacial score (nSPS) is 21.5. The zero-order valence-electron chi connectivity index (χ0n) is 17.4. The Kier molecular flexibility index (Phi) is 6.01. The van der Waals surface area contributed by atoms with Crippen molar-refractivity contribution in [2.45, 2.75) is 56.8 Å². The molecule has 170 valence electrons. The van der Waals surface area contributed by atoms with Crippen molar-refractivity contribution in [3.05, 3.63) is 39.6 Å². The summed E-state index contributed by atoms with van der Waals surface area (Å²) in [5.74, 6) is 1.55. The van der Waals surface area contributed by atoms with Gasteiger partial charge in [0.05, 0.1) is 29.2 Å². The molecule has 1 aliphatic carbocycles. The van der Waals surface area contributed by atoms with Crippen LogP contribution in [0.4, 0.5) is 0 Å². The van der Waals surface area contributed by atoms with Crippen LogP contribution in [-0.4, -0.2) is 47.1 Å². The number of piperidine rings is 1. The van der Waals surface area contributed by atoms with Gasteiger partial charge in [0.1, 0.15) is 17.3 Å². The monoisotopic (exact) mass is 478 g/mol. The lowest BCUT2D eigenvalue weighted by Crippen LogP contribution is -2.41. The van der Waals surface area contributed by atoms with Gasteiger partial charge in [0.15, 0.2) is 0 Å². The molecule has 1 saturated heterocycles. The number of hydrogen-bond acceptors (Lipinski definition) is 7. The highest BCUT2D eigenvalue weighted by Gasteiger charge is 2.35. The average Bonchev–Trinajstić information content (AvgIpc) is 3.34. The lowest BCUT2D eigenvalue weighted by Gasteiger charge is -2.32. The van der Waals surface area contributed by atoms with Crippen molar-refractivity contribution < 1.29 is 18.9 Å². The van der Waals surface area contributed by atoms with E-state index >= 15 is 0 Å². The molecule has 2 fully saturated rings. The predicted octanol–water partition coefficient (Wildman–Crippen LogP) is 4.09. The van der Waals surface area contributed by atoms with E-state index in [1.807, 2.05) is 6.07 Å². The highest BCUT2D eigenvalue weighted by Crippen LogP contribution is 2.46. The molecule has 10 heteroatoms. The Hall–Kier alpha value is -2.29. The number of ether oxygens (including phenoxy) is 1. The summed E-state index contributed by atoms with van der Waals surface area (Å²) in [6, 6.07) is 5.41. The summed E-state index contributed by atoms with van der Waals surface area (Å²) in [6.07, 6.45) is 3.72. The van der Waals surface area contributed by atoms with Gasteiger partial charge < -0.3 is 24.7 Å². The second-order valence-corrected chi connectivity index (χ2v) is 9.26. The maximum absolute atomic E-state index is 11.3. The lowest BCUT2D eigenvalue weighted by atomic mass is 10.0. The van der Waals surface area contributed by atoms with Gasteiger partial charge in [-0.2, -0.15) is 0 Å². The molecule has 5 rings (SSSR count). The van der Waals surface area contributed by atoms with Crippen LogP contribution in [0.5, 0.6) is 0 Å². The van der Waals surface area contributed by atoms with Gasteiger partial charge in [-0.1, -0.05) is 39.6 Å². The van der Waals surface area contributed by atoms with Gasteiger partial charge in [-0.05, 0) is 37.8 Å². The van der Waals surface area contributed by atoms with Gasteiger partial charge in [0.2, 0.25) is 6.10 Å². The topological polar surface area (TPSA) is 103 Å². The molecule has 0 bridgehead atoms. The SMILES string of the molecule is NC(=O)C1CC(N2CCC(OCc3c(-c4c(Cl)cccc4Cl)noc3C3CC3)CC2)=NO1. The molecule has 32 heavy (non-hydrogen) atoms. The molecule has 3 heterocycles. The Balaban J connectivity index is 1.24. The number of aromatic nitrogens is 1. The zero-order chi connectivity index (χ0) is 22.2. The Bertz CT molecular complexity index is 1020. The molecule has 1 atom stereocenters. The van der Waals surface area contributed by atoms with Crippen LogP contribution in [0.15, 0.2) is 27.9 Å². The first-order valence-electron chi connectivity index (χ1n) is 10.8. The number of halogens is 2. The highest BCUT2D eigenvalue weighted by atomic mass is 35.5. The highest BCUT2D eigenvalue weighted by molar-refractivity contribution is 6.39. The third kappa shape index (κ3) is 4.31. The fraction of sp³-hybridized carbons (Fsp3) is 0.500. The van der Waals surface area contributed by atoms with Gasteiger partial charge in [0, 0.05) is 30.1 Å². The molecule has 2 aromatic rings. The van der Waals surface area contributed by atoms with E-state index in [1.54, 1.807) is 12.1 Å². The van der Waals surface area contributed by atoms with Crippen molar-refractivity contribution in [3.8, 4) is 11.3 Å². The first-order valence-corrected chi connectivity index (χ1v) is 11.6. The molecule has 1 saturated carbocycles. The van der Waals surface area contributed by atoms with Crippen molar-refractivity contribution in [3.63, 3.8) is 0 Å². The minimum Gasteiger partial charge on any atom is -0.380 e. The number of amidine groups is 1. The molecule has 3 aliphatic rings. The third-order valence-electron chi connectivity index (χ3n) is 6.21. The lowest BCUT2D eigenvalue weighted by molar-refractivity contribution is -0.127. The standard InChI is InChI=1S/C22H24Cl2N4O4/c23-15-2-1-3-16(24)19(15)20-14(21(32-27-20)12-4-5-12)11-30-13-6-8-28(9-7-13)18-10-17(22(25)29)31-26-18/h1-3,12-13,17H,4-11H2,(H2,25,29). The summed E-state index contributed by atoms with van der Waals surface area (Å²) in [5, 5.41) is 9.42. The van der Waals surface area contributed by atoms with E-state index in [0.29, 0.717) is 40.2 Å². The van der Waals surface area contributed by atoms with Crippen LogP contribution in [0, 0.1) is 0 Å². The predicted molar refractivity (Wildman–Crippen MR) is 119 cm³/mol. The molecule has 2 N–H and O–H groups in total. The van der Waals surface area contributed by atoms with E-state index < -0.39 is 12.0 Å². The Labute approximate surface area is 195 Å². The number of oxime groups is 1. The number of carbonyl (C=O) groups excluding carboxylic acids is 1. The molecule has 1 unspecified atom stereocenters. The van der Waals surface area contributed by atoms with Gasteiger partial charge in [-0.25, -0.2) is 0 Å². The van der Waals surface area contributed by atoms with Crippen LogP contribution in [0.25, 0.3) is 11.3 Å². The number of primary amides is 1. The Morgan fingerprint density at radius 1 is 1.19 bits per heavy atom. The largest absolute Gasteiger partial charge is 0.380 e. The van der Waals surface area contributed by atoms with Crippen molar-refractivity contribution in [1.82, 2.24) is 10.1 Å². The molecule has 0 radical (unpaired) electrons. The summed E-state index contributed by atoms with van der Waals surface area (Å²) < 4.78 is 12.0. The molecule has 2 aliphatic heterocycles. The van der Waals surface area contributed by atoms with E-state index in [9.17, 15) is 4.79 Å². The maximum Gasteiger partial charge on any atom is 0.261 e. The van der Waals surface area contributed by atoms with Crippen molar-refractivity contribution in [2.24, 2.45) is 10.9 Å². The number of hydrogen-bond donors (Lipinski definition) is 1. The summed E-state index contributed by atoms with van der Waals surface area (Å²) in [7, 11) is 0. The van der Waals surface area contributed by atoms with E-state index in [0.717, 1.165) is 55.9 Å². The third-order valence-corrected chi connectivity index (χ3v) is 6.84. The number of rotatable bonds is 6. The Morgan fingerprint density at radius 2 is 1.91 bits per heavy atom. The molecule has 1 aromatic carbocycles. The summed E-state index contributed by atoms with van der Waals surface area (Å²) >= 11 is 12.9. The Morgan fingerprint density at radius 3 is 2.53 bits per heavy atom. The van der Waals surface area contributed by atoms with E-state index in [-0.39, 0.29) is 6.10 Å². The molecule has 0 spiro atoms. The summed E-state index contributed by atoms with van der Waals surface area (Å²) in [5.41, 5.74) is 7.58. The van der Waals surface area contributed by atoms with E-state index in [1.165, 1.54) is 0 Å². The number of benzene rings is 1. The van der Waals surface area contributed by atoms with Crippen LogP contribution in [0.3, 0.4) is 0 Å². The first-order chi connectivity index (χ1) is 15.5. The number of nitrogens with zero attached hydrogens (tertiary/aromatic N) is 3. The number of nitrogens with two attached hydrogens (primary N) is 1. The fourth-order valence-electron chi connectivity index (χ4n) is 4.23. The van der Waals surface area contributed by atoms with Crippen LogP contribution >= 0.6 is 23.2 Å². The van der Waals surface area contributed by atoms with Crippen LogP contribution in [0.1, 0.15) is 49.3 Å². The van der Waals surface area contributed by atoms with Crippen LogP contribution in [-0.2, 0) is 21.0 Å². The molecular formula is C22H24Cl2N4O4. The number of amides is 1. The van der Waals surface area contributed by atoms with Gasteiger partial charge in [-0.15, -0.1) is 0 Å². The van der Waals surface area contributed by atoms with Crippen molar-refractivity contribution in [1.29, 1.82) is 0 Å². The van der Waals surface area contributed by atoms with Crippen molar-refractivity contribution >= 4 is 34.9 Å². The molecule has 1 amide bonds. The summed E-state index contributed by atoms with van der Waals surface area (Å²) in [4.78, 5) is 18.5. The van der Waals surface area contributed by atoms with Gasteiger partial charge >= 0.3 is 0 Å². The fourth-order valence-corrected chi connectivity index (χ4v) is 4.81. The molecule has 1 aromatic heterocycles. The van der Waals surface area contributed by atoms with Gasteiger partial charge in [-0.3, -0.25) is 4.79 Å². The maximum atomic E-state index is 11.3. The minimum atomic E-state index is -0.663. The quantitative estimate of drug-likeness (QED) is 0.670. The van der Waals surface area contributed by atoms with Crippen LogP contribution in [0.2, 0.25) is 10.0 Å². The minimum absolute atomic E-state index is 0.0950. The number of likely N-dealkylation sites (tertiary alicyclic amines) is 1.